The first-order valence-electron chi connectivity index (χ1n) is 22.9. The molecule has 1 aliphatic rings. The van der Waals surface area contributed by atoms with Gasteiger partial charge >= 0.3 is 29.8 Å². The van der Waals surface area contributed by atoms with E-state index >= 15 is 0 Å². The zero-order chi connectivity index (χ0) is 47.1. The van der Waals surface area contributed by atoms with Crippen LogP contribution < -0.4 is 5.32 Å². The van der Waals surface area contributed by atoms with Gasteiger partial charge in [0.05, 0.1) is 19.6 Å². The number of nitrogens with zero attached hydrogens (tertiary/aromatic N) is 4. The summed E-state index contributed by atoms with van der Waals surface area (Å²) in [4.78, 5) is 85.3. The van der Waals surface area contributed by atoms with Gasteiger partial charge in [0.1, 0.15) is 28.4 Å². The third-order valence-electron chi connectivity index (χ3n) is 9.59. The SMILES string of the molecule is CC(C)(C)OC(=O)CN1CCN(CC(=O)OC(C)(C)C)CCN(C(CCC(=O)NCCCCCCCCCCC(=O)O)C(=O)OC(C)(C)C)CCN(CC(=O)OC(C)(C)C)CC1. The van der Waals surface area contributed by atoms with Crippen LogP contribution in [0.25, 0.3) is 0 Å². The normalized spacial score (nSPS) is 16.6. The first kappa shape index (κ1) is 56.7. The van der Waals surface area contributed by atoms with Gasteiger partial charge in [-0.25, -0.2) is 0 Å². The van der Waals surface area contributed by atoms with Gasteiger partial charge in [0.25, 0.3) is 0 Å². The van der Waals surface area contributed by atoms with Crippen molar-refractivity contribution in [1.29, 1.82) is 0 Å². The lowest BCUT2D eigenvalue weighted by atomic mass is 10.1. The Balaban J connectivity index is 3.30. The summed E-state index contributed by atoms with van der Waals surface area (Å²) in [6.45, 7) is 25.3. The summed E-state index contributed by atoms with van der Waals surface area (Å²) in [7, 11) is 0. The average molecular weight is 884 g/mol. The number of hydrogen-bond acceptors (Lipinski definition) is 14. The number of amides is 1. The molecule has 1 heterocycles. The number of nitrogens with one attached hydrogen (secondary N) is 1. The Morgan fingerprint density at radius 1 is 0.484 bits per heavy atom. The maximum Gasteiger partial charge on any atom is 0.323 e. The highest BCUT2D eigenvalue weighted by molar-refractivity contribution is 5.79. The third-order valence-corrected chi connectivity index (χ3v) is 9.59. The number of carboxylic acid groups (broad SMARTS) is 1. The predicted molar refractivity (Wildman–Crippen MR) is 239 cm³/mol. The van der Waals surface area contributed by atoms with Gasteiger partial charge in [-0.05, 0) is 102 Å². The van der Waals surface area contributed by atoms with E-state index in [0.717, 1.165) is 44.9 Å². The fraction of sp³-hybridized carbons (Fsp3) is 0.870. The van der Waals surface area contributed by atoms with Gasteiger partial charge in [-0.15, -0.1) is 0 Å². The largest absolute Gasteiger partial charge is 0.481 e. The molecule has 1 aliphatic heterocycles. The molecule has 0 spiro atoms. The van der Waals surface area contributed by atoms with Crippen molar-refractivity contribution in [3.05, 3.63) is 0 Å². The second-order valence-electron chi connectivity index (χ2n) is 20.5. The van der Waals surface area contributed by atoms with E-state index in [1.165, 1.54) is 0 Å². The lowest BCUT2D eigenvalue weighted by Gasteiger charge is -2.37. The molecule has 16 heteroatoms. The third kappa shape index (κ3) is 30.7. The molecule has 0 aromatic rings. The van der Waals surface area contributed by atoms with Crippen molar-refractivity contribution in [3.63, 3.8) is 0 Å². The number of carbonyl (C=O) groups is 6. The van der Waals surface area contributed by atoms with E-state index < -0.39 is 52.3 Å². The number of carbonyl (C=O) groups excluding carboxylic acids is 5. The van der Waals surface area contributed by atoms with Crippen LogP contribution in [-0.4, -0.2) is 167 Å². The van der Waals surface area contributed by atoms with E-state index in [2.05, 4.69) is 5.32 Å². The highest BCUT2D eigenvalue weighted by atomic mass is 16.6. The summed E-state index contributed by atoms with van der Waals surface area (Å²) in [6, 6.07) is -0.797. The Labute approximate surface area is 373 Å². The minimum Gasteiger partial charge on any atom is -0.481 e. The Hall–Kier alpha value is -3.34. The Morgan fingerprint density at radius 3 is 1.18 bits per heavy atom. The van der Waals surface area contributed by atoms with Crippen LogP contribution in [0.4, 0.5) is 0 Å². The monoisotopic (exact) mass is 884 g/mol. The molecule has 0 aromatic carbocycles. The molecule has 62 heavy (non-hydrogen) atoms. The highest BCUT2D eigenvalue weighted by Gasteiger charge is 2.33. The van der Waals surface area contributed by atoms with Gasteiger partial charge in [0.2, 0.25) is 5.91 Å². The maximum absolute atomic E-state index is 14.0. The predicted octanol–water partition coefficient (Wildman–Crippen LogP) is 5.44. The Morgan fingerprint density at radius 2 is 0.823 bits per heavy atom. The number of unbranched alkanes of at least 4 members (excludes halogenated alkanes) is 7. The molecule has 2 N–H and O–H groups in total. The van der Waals surface area contributed by atoms with E-state index in [4.69, 9.17) is 24.1 Å². The van der Waals surface area contributed by atoms with E-state index in [-0.39, 0.29) is 50.8 Å². The number of aliphatic carboxylic acids is 1. The van der Waals surface area contributed by atoms with Crippen LogP contribution in [0.3, 0.4) is 0 Å². The topological polar surface area (TPSA) is 185 Å². The summed E-state index contributed by atoms with van der Waals surface area (Å²) < 4.78 is 23.0. The lowest BCUT2D eigenvalue weighted by molar-refractivity contribution is -0.163. The van der Waals surface area contributed by atoms with E-state index in [0.29, 0.717) is 65.3 Å². The molecule has 360 valence electrons. The van der Waals surface area contributed by atoms with Crippen LogP contribution in [0.5, 0.6) is 0 Å². The first-order valence-corrected chi connectivity index (χ1v) is 22.9. The second-order valence-corrected chi connectivity index (χ2v) is 20.5. The smallest absolute Gasteiger partial charge is 0.323 e. The summed E-state index contributed by atoms with van der Waals surface area (Å²) in [6.07, 6.45) is 8.17. The minimum absolute atomic E-state index is 0.0114. The first-order chi connectivity index (χ1) is 28.6. The van der Waals surface area contributed by atoms with Crippen LogP contribution in [0, 0.1) is 0 Å². The second kappa shape index (κ2) is 27.8. The molecule has 0 aliphatic carbocycles. The quantitative estimate of drug-likeness (QED) is 0.0796. The minimum atomic E-state index is -0.797. The zero-order valence-corrected chi connectivity index (χ0v) is 40.7. The lowest BCUT2D eigenvalue weighted by Crippen LogP contribution is -2.53. The summed E-state index contributed by atoms with van der Waals surface area (Å²) in [5.74, 6) is -2.54. The molecular formula is C46H85N5O11. The molecule has 0 saturated carbocycles. The van der Waals surface area contributed by atoms with Gasteiger partial charge in [-0.1, -0.05) is 38.5 Å². The van der Waals surface area contributed by atoms with E-state index in [1.807, 2.05) is 81.9 Å². The van der Waals surface area contributed by atoms with Gasteiger partial charge in [0.15, 0.2) is 0 Å². The number of esters is 4. The van der Waals surface area contributed by atoms with Crippen molar-refractivity contribution in [2.24, 2.45) is 0 Å². The number of hydrogen-bond donors (Lipinski definition) is 2. The standard InChI is InChI=1S/C46H85N5O11/c1-43(2,3)59-39(55)33-48-25-27-49(34-40(56)60-44(4,5)6)29-31-51(32-30-50(28-26-48)35-41(57)61-45(7,8)9)36(42(58)62-46(10,11)12)22-23-37(52)47-24-20-18-16-14-13-15-17-19-21-38(53)54/h36H,13-35H2,1-12H3,(H,47,52)(H,53,54). The summed E-state index contributed by atoms with van der Waals surface area (Å²) >= 11 is 0. The molecule has 1 rings (SSSR count). The molecule has 0 aromatic heterocycles. The van der Waals surface area contributed by atoms with E-state index in [1.54, 1.807) is 20.8 Å². The zero-order valence-electron chi connectivity index (χ0n) is 40.7. The summed E-state index contributed by atoms with van der Waals surface area (Å²) in [5.41, 5.74) is -2.84. The molecule has 1 saturated heterocycles. The van der Waals surface area contributed by atoms with Gasteiger partial charge in [0, 0.05) is 71.7 Å². The molecule has 1 atom stereocenters. The molecule has 16 nitrogen and oxygen atoms in total. The van der Waals surface area contributed by atoms with Crippen molar-refractivity contribution in [1.82, 2.24) is 24.9 Å². The van der Waals surface area contributed by atoms with Crippen molar-refractivity contribution < 1.29 is 52.8 Å². The Bertz CT molecular complexity index is 1330. The van der Waals surface area contributed by atoms with Gasteiger partial charge in [-0.2, -0.15) is 0 Å². The van der Waals surface area contributed by atoms with Gasteiger partial charge in [-0.3, -0.25) is 48.4 Å². The van der Waals surface area contributed by atoms with Crippen LogP contribution >= 0.6 is 0 Å². The molecule has 1 unspecified atom stereocenters. The number of carboxylic acids is 1. The van der Waals surface area contributed by atoms with Crippen LogP contribution in [-0.2, 0) is 47.7 Å². The van der Waals surface area contributed by atoms with Crippen molar-refractivity contribution in [2.45, 2.75) is 182 Å². The van der Waals surface area contributed by atoms with E-state index in [9.17, 15) is 28.8 Å². The summed E-state index contributed by atoms with van der Waals surface area (Å²) in [5, 5.41) is 11.8. The molecule has 1 fully saturated rings. The average Bonchev–Trinajstić information content (AvgIpc) is 3.08. The molecule has 1 amide bonds. The number of ether oxygens (including phenoxy) is 4. The van der Waals surface area contributed by atoms with Crippen molar-refractivity contribution in [2.75, 3.05) is 78.5 Å². The fourth-order valence-corrected chi connectivity index (χ4v) is 6.87. The number of rotatable bonds is 22. The Kier molecular flexibility index (Phi) is 25.4. The highest BCUT2D eigenvalue weighted by Crippen LogP contribution is 2.18. The van der Waals surface area contributed by atoms with Crippen molar-refractivity contribution >= 4 is 35.8 Å². The van der Waals surface area contributed by atoms with Crippen LogP contribution in [0.1, 0.15) is 154 Å². The molecule has 0 bridgehead atoms. The van der Waals surface area contributed by atoms with Crippen molar-refractivity contribution in [3.8, 4) is 0 Å². The molecule has 0 radical (unpaired) electrons. The van der Waals surface area contributed by atoms with Crippen LogP contribution in [0.15, 0.2) is 0 Å². The maximum atomic E-state index is 14.0. The van der Waals surface area contributed by atoms with Crippen LogP contribution in [0.2, 0.25) is 0 Å². The van der Waals surface area contributed by atoms with Gasteiger partial charge < -0.3 is 29.4 Å². The fourth-order valence-electron chi connectivity index (χ4n) is 6.87. The molecular weight excluding hydrogens is 799 g/mol.